The van der Waals surface area contributed by atoms with Crippen molar-refractivity contribution >= 4 is 23.6 Å². The maximum atomic E-state index is 13.3. The molecule has 0 saturated heterocycles. The second-order valence-electron chi connectivity index (χ2n) is 8.87. The molecule has 0 bridgehead atoms. The number of rotatable bonds is 10. The first-order chi connectivity index (χ1) is 16.0. The molecular formula is C27H36N2O3S. The van der Waals surface area contributed by atoms with E-state index < -0.39 is 6.04 Å². The van der Waals surface area contributed by atoms with Crippen LogP contribution in [0.5, 0.6) is 5.75 Å². The van der Waals surface area contributed by atoms with Crippen LogP contribution < -0.4 is 10.1 Å². The molecule has 1 saturated carbocycles. The molecule has 2 aromatic rings. The number of carbonyl (C=O) groups is 2. The van der Waals surface area contributed by atoms with Gasteiger partial charge in [-0.1, -0.05) is 61.2 Å². The summed E-state index contributed by atoms with van der Waals surface area (Å²) in [6.07, 6.45) is 5.60. The minimum absolute atomic E-state index is 0.0192. The average Bonchev–Trinajstić information content (AvgIpc) is 2.84. The monoisotopic (exact) mass is 468 g/mol. The Hall–Kier alpha value is -2.47. The van der Waals surface area contributed by atoms with Crippen molar-refractivity contribution in [2.45, 2.75) is 70.3 Å². The van der Waals surface area contributed by atoms with Gasteiger partial charge in [0.15, 0.2) is 0 Å². The van der Waals surface area contributed by atoms with E-state index in [0.717, 1.165) is 42.7 Å². The summed E-state index contributed by atoms with van der Waals surface area (Å²) in [6, 6.07) is 15.7. The topological polar surface area (TPSA) is 58.6 Å². The fourth-order valence-electron chi connectivity index (χ4n) is 4.10. The minimum Gasteiger partial charge on any atom is -0.497 e. The number of benzene rings is 2. The molecule has 0 spiro atoms. The van der Waals surface area contributed by atoms with E-state index in [1.807, 2.05) is 31.2 Å². The van der Waals surface area contributed by atoms with Gasteiger partial charge in [0.05, 0.1) is 12.9 Å². The zero-order valence-corrected chi connectivity index (χ0v) is 20.8. The lowest BCUT2D eigenvalue weighted by molar-refractivity contribution is -0.139. The Morgan fingerprint density at radius 3 is 2.30 bits per heavy atom. The van der Waals surface area contributed by atoms with E-state index in [-0.39, 0.29) is 17.9 Å². The van der Waals surface area contributed by atoms with Crippen molar-refractivity contribution < 1.29 is 14.3 Å². The normalized spacial score (nSPS) is 15.0. The second kappa shape index (κ2) is 12.7. The highest BCUT2D eigenvalue weighted by atomic mass is 32.2. The Bertz CT molecular complexity index is 893. The van der Waals surface area contributed by atoms with Gasteiger partial charge in [0.25, 0.3) is 0 Å². The molecule has 1 fully saturated rings. The minimum atomic E-state index is -0.526. The largest absolute Gasteiger partial charge is 0.497 e. The van der Waals surface area contributed by atoms with Gasteiger partial charge in [0.1, 0.15) is 11.8 Å². The van der Waals surface area contributed by atoms with Crippen molar-refractivity contribution in [3.63, 3.8) is 0 Å². The van der Waals surface area contributed by atoms with E-state index in [4.69, 9.17) is 4.74 Å². The van der Waals surface area contributed by atoms with Gasteiger partial charge in [-0.25, -0.2) is 0 Å². The summed E-state index contributed by atoms with van der Waals surface area (Å²) in [6.45, 7) is 4.30. The van der Waals surface area contributed by atoms with E-state index in [1.54, 1.807) is 23.8 Å². The van der Waals surface area contributed by atoms with Crippen molar-refractivity contribution in [1.29, 1.82) is 0 Å². The number of amides is 2. The number of nitrogens with one attached hydrogen (secondary N) is 1. The Balaban J connectivity index is 1.65. The Morgan fingerprint density at radius 1 is 1.03 bits per heavy atom. The molecular weight excluding hydrogens is 432 g/mol. The molecule has 1 aliphatic rings. The highest BCUT2D eigenvalue weighted by Gasteiger charge is 2.28. The number of aryl methyl sites for hydroxylation is 1. The summed E-state index contributed by atoms with van der Waals surface area (Å²) in [7, 11) is 1.63. The van der Waals surface area contributed by atoms with Gasteiger partial charge >= 0.3 is 0 Å². The maximum Gasteiger partial charge on any atom is 0.242 e. The van der Waals surface area contributed by atoms with Gasteiger partial charge in [0.2, 0.25) is 11.8 Å². The lowest BCUT2D eigenvalue weighted by atomic mass is 9.95. The van der Waals surface area contributed by atoms with E-state index >= 15 is 0 Å². The lowest BCUT2D eigenvalue weighted by Gasteiger charge is -2.31. The van der Waals surface area contributed by atoms with Gasteiger partial charge in [-0.05, 0) is 49.9 Å². The van der Waals surface area contributed by atoms with Crippen LogP contribution in [0.25, 0.3) is 0 Å². The first-order valence-electron chi connectivity index (χ1n) is 11.8. The van der Waals surface area contributed by atoms with Crippen molar-refractivity contribution in [1.82, 2.24) is 10.2 Å². The quantitative estimate of drug-likeness (QED) is 0.527. The second-order valence-corrected chi connectivity index (χ2v) is 9.85. The van der Waals surface area contributed by atoms with Crippen LogP contribution in [0.15, 0.2) is 48.5 Å². The number of carbonyl (C=O) groups excluding carboxylic acids is 2. The molecule has 3 rings (SSSR count). The number of hydrogen-bond acceptors (Lipinski definition) is 4. The lowest BCUT2D eigenvalue weighted by Crippen LogP contribution is -2.50. The molecule has 0 radical (unpaired) electrons. The van der Waals surface area contributed by atoms with Crippen LogP contribution in [0.2, 0.25) is 0 Å². The van der Waals surface area contributed by atoms with Crippen molar-refractivity contribution in [3.8, 4) is 5.75 Å². The molecule has 0 unspecified atom stereocenters. The molecule has 2 aromatic carbocycles. The fraction of sp³-hybridized carbons (Fsp3) is 0.481. The van der Waals surface area contributed by atoms with E-state index in [1.165, 1.54) is 17.5 Å². The third-order valence-electron chi connectivity index (χ3n) is 6.25. The first-order valence-corrected chi connectivity index (χ1v) is 13.0. The summed E-state index contributed by atoms with van der Waals surface area (Å²) in [5.74, 6) is 1.80. The summed E-state index contributed by atoms with van der Waals surface area (Å²) in [5, 5.41) is 3.19. The molecule has 0 aromatic heterocycles. The Morgan fingerprint density at radius 2 is 1.67 bits per heavy atom. The molecule has 2 amide bonds. The van der Waals surface area contributed by atoms with Crippen molar-refractivity contribution in [2.75, 3.05) is 12.9 Å². The molecule has 0 heterocycles. The van der Waals surface area contributed by atoms with E-state index in [0.29, 0.717) is 12.3 Å². The summed E-state index contributed by atoms with van der Waals surface area (Å²) in [4.78, 5) is 28.0. The molecule has 6 heteroatoms. The highest BCUT2D eigenvalue weighted by molar-refractivity contribution is 7.99. The zero-order chi connectivity index (χ0) is 23.6. The van der Waals surface area contributed by atoms with Crippen LogP contribution in [0.1, 0.15) is 55.7 Å². The van der Waals surface area contributed by atoms with Gasteiger partial charge in [-0.2, -0.15) is 0 Å². The summed E-state index contributed by atoms with van der Waals surface area (Å²) >= 11 is 1.59. The molecule has 1 aliphatic carbocycles. The number of thioether (sulfide) groups is 1. The van der Waals surface area contributed by atoms with Crippen LogP contribution in [0.4, 0.5) is 0 Å². The predicted octanol–water partition coefficient (Wildman–Crippen LogP) is 5.10. The number of hydrogen-bond donors (Lipinski definition) is 1. The summed E-state index contributed by atoms with van der Waals surface area (Å²) < 4.78 is 5.25. The Labute approximate surface area is 202 Å². The van der Waals surface area contributed by atoms with E-state index in [9.17, 15) is 9.59 Å². The third kappa shape index (κ3) is 7.81. The van der Waals surface area contributed by atoms with Gasteiger partial charge in [-0.15, -0.1) is 11.8 Å². The SMILES string of the molecule is COc1ccc(CN(C(=O)CSCc2ccc(C)cc2)[C@H](C)C(=O)NC2CCCCC2)cc1. The van der Waals surface area contributed by atoms with Crippen LogP contribution in [0, 0.1) is 6.92 Å². The molecule has 0 aliphatic heterocycles. The van der Waals surface area contributed by atoms with Gasteiger partial charge in [0, 0.05) is 18.3 Å². The third-order valence-corrected chi connectivity index (χ3v) is 7.23. The molecule has 33 heavy (non-hydrogen) atoms. The molecule has 5 nitrogen and oxygen atoms in total. The van der Waals surface area contributed by atoms with Gasteiger partial charge < -0.3 is 15.0 Å². The summed E-state index contributed by atoms with van der Waals surface area (Å²) in [5.41, 5.74) is 3.40. The average molecular weight is 469 g/mol. The van der Waals surface area contributed by atoms with Crippen LogP contribution in [-0.4, -0.2) is 41.7 Å². The fourth-order valence-corrected chi connectivity index (χ4v) is 4.97. The number of nitrogens with zero attached hydrogens (tertiary/aromatic N) is 1. The molecule has 178 valence electrons. The highest BCUT2D eigenvalue weighted by Crippen LogP contribution is 2.20. The number of methoxy groups -OCH3 is 1. The zero-order valence-electron chi connectivity index (χ0n) is 20.0. The molecule has 1 N–H and O–H groups in total. The van der Waals surface area contributed by atoms with E-state index in [2.05, 4.69) is 36.5 Å². The van der Waals surface area contributed by atoms with Crippen LogP contribution >= 0.6 is 11.8 Å². The maximum absolute atomic E-state index is 13.3. The van der Waals surface area contributed by atoms with Crippen LogP contribution in [0.3, 0.4) is 0 Å². The number of ether oxygens (including phenoxy) is 1. The van der Waals surface area contributed by atoms with Crippen molar-refractivity contribution in [2.24, 2.45) is 0 Å². The van der Waals surface area contributed by atoms with Crippen LogP contribution in [-0.2, 0) is 21.9 Å². The molecule has 1 atom stereocenters. The van der Waals surface area contributed by atoms with Gasteiger partial charge in [-0.3, -0.25) is 9.59 Å². The van der Waals surface area contributed by atoms with Crippen molar-refractivity contribution in [3.05, 3.63) is 65.2 Å². The Kier molecular flexibility index (Phi) is 9.67. The standard InChI is InChI=1S/C27H36N2O3S/c1-20-9-11-23(12-10-20)18-33-19-26(30)29(17-22-13-15-25(32-3)16-14-22)21(2)27(31)28-24-7-5-4-6-8-24/h9-16,21,24H,4-8,17-19H2,1-3H3,(H,28,31)/t21-/m1/s1. The predicted molar refractivity (Wildman–Crippen MR) is 135 cm³/mol. The smallest absolute Gasteiger partial charge is 0.242 e. The first kappa shape index (κ1) is 25.2.